The number of nitrogens with zero attached hydrogens (tertiary/aromatic N) is 2. The fourth-order valence-corrected chi connectivity index (χ4v) is 2.26. The summed E-state index contributed by atoms with van der Waals surface area (Å²) in [5, 5.41) is 5.83. The van der Waals surface area contributed by atoms with Gasteiger partial charge in [0, 0.05) is 17.1 Å². The molecule has 0 saturated carbocycles. The number of halogens is 1. The molecule has 0 aliphatic rings. The molecule has 1 heterocycles. The topological polar surface area (TPSA) is 66.9 Å². The van der Waals surface area contributed by atoms with Gasteiger partial charge in [0.2, 0.25) is 0 Å². The fraction of sp³-hybridized carbons (Fsp3) is 0.133. The van der Waals surface area contributed by atoms with Crippen LogP contribution in [0.25, 0.3) is 0 Å². The quantitative estimate of drug-likeness (QED) is 0.815. The van der Waals surface area contributed by atoms with Crippen molar-refractivity contribution in [2.45, 2.75) is 6.92 Å². The number of carbonyl (C=O) groups excluding carboxylic acids is 1. The van der Waals surface area contributed by atoms with Crippen LogP contribution in [-0.4, -0.2) is 22.4 Å². The minimum atomic E-state index is -0.261. The number of anilines is 2. The van der Waals surface area contributed by atoms with Crippen LogP contribution in [0.1, 0.15) is 16.1 Å². The molecule has 5 nitrogen and oxygen atoms in total. The average molecular weight is 347 g/mol. The first-order chi connectivity index (χ1) is 10.1. The highest BCUT2D eigenvalue weighted by molar-refractivity contribution is 9.10. The third kappa shape index (κ3) is 4.13. The maximum atomic E-state index is 11.8. The minimum Gasteiger partial charge on any atom is -0.347 e. The Kier molecular flexibility index (Phi) is 5.05. The third-order valence-electron chi connectivity index (χ3n) is 2.69. The summed E-state index contributed by atoms with van der Waals surface area (Å²) >= 11 is 3.49. The van der Waals surface area contributed by atoms with Crippen molar-refractivity contribution in [2.24, 2.45) is 0 Å². The zero-order chi connectivity index (χ0) is 15.2. The van der Waals surface area contributed by atoms with E-state index >= 15 is 0 Å². The molecule has 0 aliphatic heterocycles. The smallest absolute Gasteiger partial charge is 0.270 e. The first kappa shape index (κ1) is 15.2. The monoisotopic (exact) mass is 346 g/mol. The number of benzene rings is 1. The predicted octanol–water partition coefficient (Wildman–Crippen LogP) is 3.21. The number of nitrogens with one attached hydrogen (secondary N) is 2. The maximum absolute atomic E-state index is 11.8. The molecule has 0 fully saturated rings. The van der Waals surface area contributed by atoms with E-state index in [9.17, 15) is 4.79 Å². The predicted molar refractivity (Wildman–Crippen MR) is 86.7 cm³/mol. The van der Waals surface area contributed by atoms with E-state index in [4.69, 9.17) is 0 Å². The molecule has 0 saturated heterocycles. The van der Waals surface area contributed by atoms with E-state index in [0.717, 1.165) is 15.7 Å². The molecule has 0 spiro atoms. The molecule has 108 valence electrons. The van der Waals surface area contributed by atoms with Gasteiger partial charge in [-0.3, -0.25) is 4.79 Å². The summed E-state index contributed by atoms with van der Waals surface area (Å²) in [5.41, 5.74) is 2.33. The number of hydrogen-bond acceptors (Lipinski definition) is 4. The Hall–Kier alpha value is -2.21. The van der Waals surface area contributed by atoms with Crippen LogP contribution in [0.3, 0.4) is 0 Å². The molecule has 1 amide bonds. The fourth-order valence-electron chi connectivity index (χ4n) is 1.66. The first-order valence-corrected chi connectivity index (χ1v) is 7.14. The van der Waals surface area contributed by atoms with Crippen molar-refractivity contribution >= 4 is 33.3 Å². The van der Waals surface area contributed by atoms with Gasteiger partial charge in [-0.15, -0.1) is 6.58 Å². The summed E-state index contributed by atoms with van der Waals surface area (Å²) in [6.07, 6.45) is 2.97. The summed E-state index contributed by atoms with van der Waals surface area (Å²) in [5.74, 6) is 0.293. The lowest BCUT2D eigenvalue weighted by atomic mass is 10.2. The van der Waals surface area contributed by atoms with E-state index in [0.29, 0.717) is 18.1 Å². The van der Waals surface area contributed by atoms with E-state index < -0.39 is 0 Å². The Labute approximate surface area is 131 Å². The number of amides is 1. The Balaban J connectivity index is 2.17. The highest BCUT2D eigenvalue weighted by Crippen LogP contribution is 2.26. The lowest BCUT2D eigenvalue weighted by molar-refractivity contribution is 0.0953. The molecule has 0 atom stereocenters. The molecule has 2 rings (SSSR count). The largest absolute Gasteiger partial charge is 0.347 e. The number of aromatic nitrogens is 2. The summed E-state index contributed by atoms with van der Waals surface area (Å²) in [4.78, 5) is 19.9. The molecule has 2 aromatic rings. The number of rotatable bonds is 5. The van der Waals surface area contributed by atoms with Crippen LogP contribution in [-0.2, 0) is 0 Å². The van der Waals surface area contributed by atoms with Crippen molar-refractivity contribution in [3.63, 3.8) is 0 Å². The Morgan fingerprint density at radius 2 is 2.19 bits per heavy atom. The van der Waals surface area contributed by atoms with Gasteiger partial charge in [0.1, 0.15) is 17.8 Å². The van der Waals surface area contributed by atoms with Gasteiger partial charge in [-0.05, 0) is 40.5 Å². The minimum absolute atomic E-state index is 0.261. The van der Waals surface area contributed by atoms with Gasteiger partial charge in [0.25, 0.3) is 5.91 Å². The maximum Gasteiger partial charge on any atom is 0.270 e. The van der Waals surface area contributed by atoms with Crippen molar-refractivity contribution in [3.8, 4) is 0 Å². The van der Waals surface area contributed by atoms with E-state index in [1.54, 1.807) is 12.1 Å². The molecule has 0 radical (unpaired) electrons. The molecule has 2 N–H and O–H groups in total. The zero-order valence-electron chi connectivity index (χ0n) is 11.6. The number of aryl methyl sites for hydroxylation is 1. The van der Waals surface area contributed by atoms with Crippen LogP contribution in [0.5, 0.6) is 0 Å². The summed E-state index contributed by atoms with van der Waals surface area (Å²) in [6.45, 7) is 5.96. The van der Waals surface area contributed by atoms with E-state index in [-0.39, 0.29) is 5.91 Å². The second-order valence-electron chi connectivity index (χ2n) is 4.40. The Bertz CT molecular complexity index is 672. The lowest BCUT2D eigenvalue weighted by Gasteiger charge is -2.09. The second-order valence-corrected chi connectivity index (χ2v) is 5.25. The van der Waals surface area contributed by atoms with Gasteiger partial charge < -0.3 is 10.6 Å². The molecule has 1 aromatic carbocycles. The Morgan fingerprint density at radius 1 is 1.38 bits per heavy atom. The summed E-state index contributed by atoms with van der Waals surface area (Å²) < 4.78 is 0.929. The van der Waals surface area contributed by atoms with Gasteiger partial charge in [-0.1, -0.05) is 12.1 Å². The van der Waals surface area contributed by atoms with Gasteiger partial charge in [-0.2, -0.15) is 0 Å². The second kappa shape index (κ2) is 6.99. The van der Waals surface area contributed by atoms with Crippen molar-refractivity contribution in [2.75, 3.05) is 11.9 Å². The van der Waals surface area contributed by atoms with Crippen LogP contribution in [0.15, 0.2) is 47.7 Å². The molecular weight excluding hydrogens is 332 g/mol. The SMILES string of the molecule is C=CCNC(=O)c1cc(Nc2ccc(C)cc2Br)ncn1. The van der Waals surface area contributed by atoms with Crippen molar-refractivity contribution in [1.82, 2.24) is 15.3 Å². The molecular formula is C15H15BrN4O. The van der Waals surface area contributed by atoms with E-state index in [1.807, 2.05) is 25.1 Å². The van der Waals surface area contributed by atoms with Gasteiger partial charge >= 0.3 is 0 Å². The van der Waals surface area contributed by atoms with Crippen LogP contribution in [0, 0.1) is 6.92 Å². The molecule has 21 heavy (non-hydrogen) atoms. The number of carbonyl (C=O) groups is 1. The normalized spacial score (nSPS) is 10.0. The first-order valence-electron chi connectivity index (χ1n) is 6.34. The van der Waals surface area contributed by atoms with Gasteiger partial charge in [0.05, 0.1) is 5.69 Å². The van der Waals surface area contributed by atoms with E-state index in [2.05, 4.69) is 43.1 Å². The van der Waals surface area contributed by atoms with Crippen LogP contribution >= 0.6 is 15.9 Å². The third-order valence-corrected chi connectivity index (χ3v) is 3.35. The van der Waals surface area contributed by atoms with Crippen LogP contribution in [0.4, 0.5) is 11.5 Å². The summed E-state index contributed by atoms with van der Waals surface area (Å²) in [6, 6.07) is 7.54. The average Bonchev–Trinajstić information content (AvgIpc) is 2.48. The molecule has 1 aromatic heterocycles. The highest BCUT2D eigenvalue weighted by Gasteiger charge is 2.08. The van der Waals surface area contributed by atoms with Crippen molar-refractivity contribution < 1.29 is 4.79 Å². The Morgan fingerprint density at radius 3 is 2.90 bits per heavy atom. The molecule has 0 bridgehead atoms. The van der Waals surface area contributed by atoms with Crippen LogP contribution < -0.4 is 10.6 Å². The van der Waals surface area contributed by atoms with Crippen LogP contribution in [0.2, 0.25) is 0 Å². The van der Waals surface area contributed by atoms with Gasteiger partial charge in [-0.25, -0.2) is 9.97 Å². The lowest BCUT2D eigenvalue weighted by Crippen LogP contribution is -2.24. The zero-order valence-corrected chi connectivity index (χ0v) is 13.1. The van der Waals surface area contributed by atoms with Crippen molar-refractivity contribution in [3.05, 3.63) is 59.0 Å². The molecule has 0 unspecified atom stereocenters. The molecule has 0 aliphatic carbocycles. The highest BCUT2D eigenvalue weighted by atomic mass is 79.9. The number of hydrogen-bond donors (Lipinski definition) is 2. The van der Waals surface area contributed by atoms with Crippen molar-refractivity contribution in [1.29, 1.82) is 0 Å². The molecule has 6 heteroatoms. The van der Waals surface area contributed by atoms with E-state index in [1.165, 1.54) is 6.33 Å². The standard InChI is InChI=1S/C15H15BrN4O/c1-3-6-17-15(21)13-8-14(19-9-18-13)20-12-5-4-10(2)7-11(12)16/h3-5,7-9H,1,6H2,2H3,(H,17,21)(H,18,19,20). The van der Waals surface area contributed by atoms with Gasteiger partial charge in [0.15, 0.2) is 0 Å². The summed E-state index contributed by atoms with van der Waals surface area (Å²) in [7, 11) is 0.